The number of hydrogen-bond acceptors (Lipinski definition) is 7. The first-order valence-corrected chi connectivity index (χ1v) is 7.07. The molecule has 7 nitrogen and oxygen atoms in total. The minimum Gasteiger partial charge on any atom is -0.433 e. The predicted molar refractivity (Wildman–Crippen MR) is 72.4 cm³/mol. The predicted octanol–water partition coefficient (Wildman–Crippen LogP) is 0.110. The maximum Gasteiger partial charge on any atom is 0.305 e. The second kappa shape index (κ2) is 6.31. The number of fused-ring (bicyclic) bond motifs is 1. The first-order chi connectivity index (χ1) is 10.6. The summed E-state index contributed by atoms with van der Waals surface area (Å²) in [5.74, 6) is -0.602. The number of aliphatic hydroxyl groups is 2. The first-order valence-electron chi connectivity index (χ1n) is 7.07. The molecule has 0 radical (unpaired) electrons. The average Bonchev–Trinajstić information content (AvgIpc) is 2.52. The molecule has 0 amide bonds. The number of ether oxygens (including phenoxy) is 4. The maximum atomic E-state index is 11.0. The fourth-order valence-corrected chi connectivity index (χ4v) is 2.62. The van der Waals surface area contributed by atoms with Gasteiger partial charge in [-0.05, 0) is 0 Å². The van der Waals surface area contributed by atoms with Gasteiger partial charge in [0.25, 0.3) is 0 Å². The zero-order chi connectivity index (χ0) is 15.7. The SMILES string of the molecule is CC(=O)O[C@H]1O[C@@H]2COC(c3ccccc3)O[C@H]2[C@H](O)[C@H]1O. The summed E-state index contributed by atoms with van der Waals surface area (Å²) in [6.45, 7) is 1.36. The molecule has 22 heavy (non-hydrogen) atoms. The maximum absolute atomic E-state index is 11.0. The fourth-order valence-electron chi connectivity index (χ4n) is 2.62. The molecule has 0 aromatic heterocycles. The number of rotatable bonds is 2. The molecule has 120 valence electrons. The van der Waals surface area contributed by atoms with Gasteiger partial charge in [0, 0.05) is 12.5 Å². The Balaban J connectivity index is 1.71. The Morgan fingerprint density at radius 1 is 1.18 bits per heavy atom. The van der Waals surface area contributed by atoms with E-state index < -0.39 is 43.0 Å². The Bertz CT molecular complexity index is 518. The number of hydrogen-bond donors (Lipinski definition) is 2. The van der Waals surface area contributed by atoms with Crippen molar-refractivity contribution in [2.75, 3.05) is 6.61 Å². The summed E-state index contributed by atoms with van der Waals surface area (Å²) in [5, 5.41) is 20.2. The molecule has 1 aromatic rings. The van der Waals surface area contributed by atoms with E-state index in [-0.39, 0.29) is 6.61 Å². The molecule has 2 fully saturated rings. The molecular formula is C15H18O7. The summed E-state index contributed by atoms with van der Waals surface area (Å²) in [4.78, 5) is 11.0. The molecule has 1 unspecified atom stereocenters. The molecule has 0 bridgehead atoms. The highest BCUT2D eigenvalue weighted by atomic mass is 16.8. The van der Waals surface area contributed by atoms with Crippen LogP contribution in [0.4, 0.5) is 0 Å². The zero-order valence-electron chi connectivity index (χ0n) is 12.0. The summed E-state index contributed by atoms with van der Waals surface area (Å²) in [5.41, 5.74) is 0.810. The van der Waals surface area contributed by atoms with Crippen molar-refractivity contribution in [2.45, 2.75) is 43.9 Å². The first kappa shape index (κ1) is 15.4. The molecule has 1 aromatic carbocycles. The van der Waals surface area contributed by atoms with Crippen molar-refractivity contribution in [1.82, 2.24) is 0 Å². The number of benzene rings is 1. The molecule has 7 heteroatoms. The molecule has 0 saturated carbocycles. The zero-order valence-corrected chi connectivity index (χ0v) is 12.0. The van der Waals surface area contributed by atoms with Crippen LogP contribution < -0.4 is 0 Å². The van der Waals surface area contributed by atoms with E-state index in [4.69, 9.17) is 18.9 Å². The molecule has 2 saturated heterocycles. The molecule has 2 N–H and O–H groups in total. The highest BCUT2D eigenvalue weighted by Crippen LogP contribution is 2.34. The summed E-state index contributed by atoms with van der Waals surface area (Å²) in [6, 6.07) is 9.28. The molecule has 3 rings (SSSR count). The van der Waals surface area contributed by atoms with Crippen LogP contribution in [-0.2, 0) is 23.7 Å². The van der Waals surface area contributed by atoms with E-state index in [1.54, 1.807) is 0 Å². The fraction of sp³-hybridized carbons (Fsp3) is 0.533. The number of carbonyl (C=O) groups is 1. The lowest BCUT2D eigenvalue weighted by Crippen LogP contribution is -2.62. The lowest BCUT2D eigenvalue weighted by Gasteiger charge is -2.45. The lowest BCUT2D eigenvalue weighted by molar-refractivity contribution is -0.355. The smallest absolute Gasteiger partial charge is 0.305 e. The normalized spacial score (nSPS) is 38.1. The number of carbonyl (C=O) groups excluding carboxylic acids is 1. The van der Waals surface area contributed by atoms with Crippen molar-refractivity contribution < 1.29 is 34.0 Å². The van der Waals surface area contributed by atoms with Crippen molar-refractivity contribution in [1.29, 1.82) is 0 Å². The quantitative estimate of drug-likeness (QED) is 0.749. The molecule has 0 aliphatic carbocycles. The van der Waals surface area contributed by atoms with Gasteiger partial charge in [0.05, 0.1) is 6.61 Å². The van der Waals surface area contributed by atoms with Gasteiger partial charge in [0.15, 0.2) is 6.29 Å². The van der Waals surface area contributed by atoms with Crippen LogP contribution in [-0.4, -0.2) is 53.5 Å². The Morgan fingerprint density at radius 2 is 1.91 bits per heavy atom. The monoisotopic (exact) mass is 310 g/mol. The van der Waals surface area contributed by atoms with E-state index >= 15 is 0 Å². The highest BCUT2D eigenvalue weighted by molar-refractivity contribution is 5.66. The van der Waals surface area contributed by atoms with Crippen LogP contribution in [0, 0.1) is 0 Å². The minimum atomic E-state index is -1.38. The van der Waals surface area contributed by atoms with Crippen LogP contribution in [0.15, 0.2) is 30.3 Å². The van der Waals surface area contributed by atoms with E-state index in [2.05, 4.69) is 0 Å². The summed E-state index contributed by atoms with van der Waals surface area (Å²) >= 11 is 0. The van der Waals surface area contributed by atoms with Gasteiger partial charge in [0.2, 0.25) is 6.29 Å². The highest BCUT2D eigenvalue weighted by Gasteiger charge is 2.50. The Kier molecular flexibility index (Phi) is 4.42. The second-order valence-corrected chi connectivity index (χ2v) is 5.31. The van der Waals surface area contributed by atoms with Gasteiger partial charge in [-0.2, -0.15) is 0 Å². The summed E-state index contributed by atoms with van der Waals surface area (Å²) in [6.07, 6.45) is -5.87. The Morgan fingerprint density at radius 3 is 2.59 bits per heavy atom. The van der Waals surface area contributed by atoms with E-state index in [9.17, 15) is 15.0 Å². The third-order valence-electron chi connectivity index (χ3n) is 3.69. The van der Waals surface area contributed by atoms with Crippen LogP contribution in [0.5, 0.6) is 0 Å². The molecule has 0 spiro atoms. The van der Waals surface area contributed by atoms with Crippen LogP contribution in [0.3, 0.4) is 0 Å². The summed E-state index contributed by atoms with van der Waals surface area (Å²) < 4.78 is 21.6. The number of aliphatic hydroxyl groups excluding tert-OH is 2. The van der Waals surface area contributed by atoms with Crippen molar-refractivity contribution in [3.63, 3.8) is 0 Å². The average molecular weight is 310 g/mol. The molecule has 6 atom stereocenters. The third-order valence-corrected chi connectivity index (χ3v) is 3.69. The van der Waals surface area contributed by atoms with Gasteiger partial charge in [-0.3, -0.25) is 4.79 Å². The Hall–Kier alpha value is -1.51. The Labute approximate surface area is 127 Å². The van der Waals surface area contributed by atoms with E-state index in [0.717, 1.165) is 5.56 Å². The van der Waals surface area contributed by atoms with Crippen molar-refractivity contribution in [3.8, 4) is 0 Å². The largest absolute Gasteiger partial charge is 0.433 e. The van der Waals surface area contributed by atoms with Gasteiger partial charge in [-0.15, -0.1) is 0 Å². The molecule has 2 aliphatic rings. The molecule has 2 heterocycles. The molecule has 2 aliphatic heterocycles. The van der Waals surface area contributed by atoms with Crippen molar-refractivity contribution in [3.05, 3.63) is 35.9 Å². The van der Waals surface area contributed by atoms with Crippen LogP contribution in [0.2, 0.25) is 0 Å². The molecular weight excluding hydrogens is 292 g/mol. The van der Waals surface area contributed by atoms with Crippen molar-refractivity contribution in [2.24, 2.45) is 0 Å². The van der Waals surface area contributed by atoms with E-state index in [0.29, 0.717) is 0 Å². The van der Waals surface area contributed by atoms with Gasteiger partial charge >= 0.3 is 5.97 Å². The second-order valence-electron chi connectivity index (χ2n) is 5.31. The van der Waals surface area contributed by atoms with Gasteiger partial charge in [-0.25, -0.2) is 0 Å². The number of esters is 1. The minimum absolute atomic E-state index is 0.159. The van der Waals surface area contributed by atoms with Gasteiger partial charge in [-0.1, -0.05) is 30.3 Å². The third kappa shape index (κ3) is 2.99. The van der Waals surface area contributed by atoms with E-state index in [1.165, 1.54) is 6.92 Å². The van der Waals surface area contributed by atoms with E-state index in [1.807, 2.05) is 30.3 Å². The van der Waals surface area contributed by atoms with Gasteiger partial charge < -0.3 is 29.2 Å². The van der Waals surface area contributed by atoms with Crippen molar-refractivity contribution >= 4 is 5.97 Å². The lowest BCUT2D eigenvalue weighted by atomic mass is 9.98. The van der Waals surface area contributed by atoms with Gasteiger partial charge in [0.1, 0.15) is 24.4 Å². The van der Waals surface area contributed by atoms with Crippen LogP contribution >= 0.6 is 0 Å². The standard InChI is InChI=1S/C15H18O7/c1-8(16)20-15-12(18)11(17)13-10(21-15)7-19-14(22-13)9-5-3-2-4-6-9/h2-6,10-15,17-18H,7H2,1H3/t10-,11-,12-,13-,14?,15+/m1/s1. The van der Waals surface area contributed by atoms with Crippen LogP contribution in [0.1, 0.15) is 18.8 Å². The van der Waals surface area contributed by atoms with Crippen LogP contribution in [0.25, 0.3) is 0 Å². The topological polar surface area (TPSA) is 94.5 Å². The summed E-state index contributed by atoms with van der Waals surface area (Å²) in [7, 11) is 0.